The van der Waals surface area contributed by atoms with Crippen LogP contribution >= 0.6 is 0 Å². The lowest BCUT2D eigenvalue weighted by atomic mass is 9.64. The summed E-state index contributed by atoms with van der Waals surface area (Å²) < 4.78 is 0. The standard InChI is InChI=1S/C18H25N.C2H4O2/c1-2-16-11-8-14-18(15-9-4-3-5-10-15)13-7-6-12-17(18)19-16;1-2(3)4/h3-5,9-10,17H,2,6-8,11-14H2,1H3;1H3,(H,3,4)/t17-,18+;/m1./s1. The highest BCUT2D eigenvalue weighted by Gasteiger charge is 2.42. The van der Waals surface area contributed by atoms with Crippen molar-refractivity contribution in [2.75, 3.05) is 0 Å². The Labute approximate surface area is 139 Å². The van der Waals surface area contributed by atoms with Crippen LogP contribution in [0, 0.1) is 0 Å². The smallest absolute Gasteiger partial charge is 0.300 e. The monoisotopic (exact) mass is 315 g/mol. The van der Waals surface area contributed by atoms with Crippen LogP contribution in [0.1, 0.15) is 70.8 Å². The number of aliphatic imine (C=N–C) groups is 1. The molecule has 0 saturated heterocycles. The van der Waals surface area contributed by atoms with E-state index in [2.05, 4.69) is 37.3 Å². The molecule has 0 amide bonds. The molecule has 0 bridgehead atoms. The van der Waals surface area contributed by atoms with Crippen LogP contribution < -0.4 is 0 Å². The van der Waals surface area contributed by atoms with Gasteiger partial charge in [-0.3, -0.25) is 9.79 Å². The molecular formula is C20H29NO2. The van der Waals surface area contributed by atoms with Crippen molar-refractivity contribution >= 4 is 11.7 Å². The van der Waals surface area contributed by atoms with Crippen LogP contribution in [-0.2, 0) is 10.2 Å². The molecule has 0 radical (unpaired) electrons. The van der Waals surface area contributed by atoms with Crippen molar-refractivity contribution in [3.05, 3.63) is 35.9 Å². The van der Waals surface area contributed by atoms with Crippen molar-refractivity contribution in [2.24, 2.45) is 4.99 Å². The van der Waals surface area contributed by atoms with Gasteiger partial charge in [0.1, 0.15) is 0 Å². The maximum atomic E-state index is 9.00. The highest BCUT2D eigenvalue weighted by Crippen LogP contribution is 2.46. The number of nitrogens with zero attached hydrogens (tertiary/aromatic N) is 1. The van der Waals surface area contributed by atoms with Crippen molar-refractivity contribution in [1.29, 1.82) is 0 Å². The van der Waals surface area contributed by atoms with Crippen molar-refractivity contribution < 1.29 is 9.90 Å². The Morgan fingerprint density at radius 3 is 2.52 bits per heavy atom. The zero-order valence-corrected chi connectivity index (χ0v) is 14.4. The number of aliphatic carboxylic acids is 1. The van der Waals surface area contributed by atoms with Crippen LogP contribution in [0.5, 0.6) is 0 Å². The number of carboxylic acid groups (broad SMARTS) is 1. The minimum absolute atomic E-state index is 0.344. The number of rotatable bonds is 2. The van der Waals surface area contributed by atoms with Gasteiger partial charge in [-0.1, -0.05) is 50.1 Å². The summed E-state index contributed by atoms with van der Waals surface area (Å²) in [6.07, 6.45) is 10.4. The largest absolute Gasteiger partial charge is 0.481 e. The normalized spacial score (nSPS) is 26.9. The Balaban J connectivity index is 0.000000433. The van der Waals surface area contributed by atoms with Gasteiger partial charge in [-0.2, -0.15) is 0 Å². The van der Waals surface area contributed by atoms with Gasteiger partial charge in [0.2, 0.25) is 0 Å². The molecule has 3 nitrogen and oxygen atoms in total. The van der Waals surface area contributed by atoms with Crippen LogP contribution in [0.4, 0.5) is 0 Å². The van der Waals surface area contributed by atoms with Gasteiger partial charge < -0.3 is 5.11 Å². The van der Waals surface area contributed by atoms with E-state index >= 15 is 0 Å². The number of carbonyl (C=O) groups is 1. The molecule has 1 fully saturated rings. The lowest BCUT2D eigenvalue weighted by Gasteiger charge is -2.42. The molecule has 0 spiro atoms. The Kier molecular flexibility index (Phi) is 6.37. The third-order valence-electron chi connectivity index (χ3n) is 5.17. The van der Waals surface area contributed by atoms with Gasteiger partial charge in [-0.05, 0) is 44.1 Å². The molecule has 1 aromatic carbocycles. The fourth-order valence-corrected chi connectivity index (χ4v) is 4.11. The summed E-state index contributed by atoms with van der Waals surface area (Å²) in [5.41, 5.74) is 3.35. The fraction of sp³-hybridized carbons (Fsp3) is 0.600. The zero-order chi connectivity index (χ0) is 16.7. The average Bonchev–Trinajstić information content (AvgIpc) is 2.75. The van der Waals surface area contributed by atoms with E-state index in [9.17, 15) is 0 Å². The predicted molar refractivity (Wildman–Crippen MR) is 95.3 cm³/mol. The van der Waals surface area contributed by atoms with Gasteiger partial charge in [0.25, 0.3) is 5.97 Å². The van der Waals surface area contributed by atoms with Crippen LogP contribution in [0.3, 0.4) is 0 Å². The number of fused-ring (bicyclic) bond motifs is 1. The fourth-order valence-electron chi connectivity index (χ4n) is 4.11. The molecular weight excluding hydrogens is 286 g/mol. The van der Waals surface area contributed by atoms with Crippen molar-refractivity contribution in [2.45, 2.75) is 76.7 Å². The first-order chi connectivity index (χ1) is 11.1. The van der Waals surface area contributed by atoms with E-state index in [0.29, 0.717) is 11.5 Å². The van der Waals surface area contributed by atoms with Crippen molar-refractivity contribution in [3.63, 3.8) is 0 Å². The van der Waals surface area contributed by atoms with E-state index in [0.717, 1.165) is 13.3 Å². The van der Waals surface area contributed by atoms with Gasteiger partial charge in [0, 0.05) is 18.1 Å². The van der Waals surface area contributed by atoms with Gasteiger partial charge >= 0.3 is 0 Å². The maximum Gasteiger partial charge on any atom is 0.300 e. The van der Waals surface area contributed by atoms with E-state index in [1.807, 2.05) is 0 Å². The van der Waals surface area contributed by atoms with Gasteiger partial charge in [-0.25, -0.2) is 0 Å². The van der Waals surface area contributed by atoms with Crippen LogP contribution in [0.15, 0.2) is 35.3 Å². The SMILES string of the molecule is CC(=O)O.CCC1=N[C@@H]2CCCC[C@@]2(c2ccccc2)CCC1. The van der Waals surface area contributed by atoms with Crippen molar-refractivity contribution in [1.82, 2.24) is 0 Å². The molecule has 3 rings (SSSR count). The summed E-state index contributed by atoms with van der Waals surface area (Å²) in [5.74, 6) is -0.833. The van der Waals surface area contributed by atoms with Gasteiger partial charge in [0.15, 0.2) is 0 Å². The third-order valence-corrected chi connectivity index (χ3v) is 5.17. The van der Waals surface area contributed by atoms with E-state index < -0.39 is 5.97 Å². The highest BCUT2D eigenvalue weighted by atomic mass is 16.4. The van der Waals surface area contributed by atoms with Crippen molar-refractivity contribution in [3.8, 4) is 0 Å². The highest BCUT2D eigenvalue weighted by molar-refractivity contribution is 5.84. The topological polar surface area (TPSA) is 49.7 Å². The molecule has 2 atom stereocenters. The summed E-state index contributed by atoms with van der Waals surface area (Å²) in [6.45, 7) is 3.34. The summed E-state index contributed by atoms with van der Waals surface area (Å²) in [4.78, 5) is 14.2. The maximum absolute atomic E-state index is 9.00. The number of hydrogen-bond donors (Lipinski definition) is 1. The molecule has 23 heavy (non-hydrogen) atoms. The molecule has 1 aromatic rings. The second-order valence-electron chi connectivity index (χ2n) is 6.71. The minimum Gasteiger partial charge on any atom is -0.481 e. The summed E-state index contributed by atoms with van der Waals surface area (Å²) in [6, 6.07) is 11.8. The molecule has 1 N–H and O–H groups in total. The average molecular weight is 315 g/mol. The quantitative estimate of drug-likeness (QED) is 0.835. The molecule has 1 aliphatic carbocycles. The second kappa shape index (κ2) is 8.28. The van der Waals surface area contributed by atoms with Gasteiger partial charge in [-0.15, -0.1) is 0 Å². The van der Waals surface area contributed by atoms with E-state index in [-0.39, 0.29) is 0 Å². The zero-order valence-electron chi connectivity index (χ0n) is 14.4. The first-order valence-corrected chi connectivity index (χ1v) is 8.89. The Bertz CT molecular complexity index is 534. The molecule has 1 aliphatic heterocycles. The first kappa shape index (κ1) is 17.7. The molecule has 2 aliphatic rings. The third kappa shape index (κ3) is 4.43. The molecule has 1 heterocycles. The Morgan fingerprint density at radius 2 is 1.87 bits per heavy atom. The molecule has 126 valence electrons. The van der Waals surface area contributed by atoms with E-state index in [1.165, 1.54) is 50.7 Å². The van der Waals surface area contributed by atoms with Crippen LogP contribution in [0.25, 0.3) is 0 Å². The lowest BCUT2D eigenvalue weighted by molar-refractivity contribution is -0.134. The predicted octanol–water partition coefficient (Wildman–Crippen LogP) is 4.99. The molecule has 0 aromatic heterocycles. The Morgan fingerprint density at radius 1 is 1.22 bits per heavy atom. The van der Waals surface area contributed by atoms with Gasteiger partial charge in [0.05, 0.1) is 6.04 Å². The second-order valence-corrected chi connectivity index (χ2v) is 6.71. The minimum atomic E-state index is -0.833. The number of carboxylic acids is 1. The van der Waals surface area contributed by atoms with Crippen LogP contribution in [-0.4, -0.2) is 22.8 Å². The molecule has 3 heteroatoms. The van der Waals surface area contributed by atoms with E-state index in [1.54, 1.807) is 5.56 Å². The summed E-state index contributed by atoms with van der Waals surface area (Å²) in [7, 11) is 0. The Hall–Kier alpha value is -1.64. The molecule has 0 unspecified atom stereocenters. The van der Waals surface area contributed by atoms with Crippen LogP contribution in [0.2, 0.25) is 0 Å². The number of hydrogen-bond acceptors (Lipinski definition) is 2. The lowest BCUT2D eigenvalue weighted by Crippen LogP contribution is -2.40. The van der Waals surface area contributed by atoms with E-state index in [4.69, 9.17) is 14.9 Å². The molecule has 1 saturated carbocycles. The first-order valence-electron chi connectivity index (χ1n) is 8.89. The number of benzene rings is 1. The summed E-state index contributed by atoms with van der Waals surface area (Å²) in [5, 5.41) is 7.42. The summed E-state index contributed by atoms with van der Waals surface area (Å²) >= 11 is 0.